The van der Waals surface area contributed by atoms with Crippen LogP contribution in [0.15, 0.2) is 24.3 Å². The van der Waals surface area contributed by atoms with E-state index in [-0.39, 0.29) is 0 Å². The first-order chi connectivity index (χ1) is 7.31. The standard InChI is InChI=1S/C12H16ClNO/c1-15-9-6-7-12(14-8-9)10-4-2-3-5-11(10)13/h2-5,9,12,14H,6-8H2,1H3. The Morgan fingerprint density at radius 2 is 2.13 bits per heavy atom. The SMILES string of the molecule is COC1CCC(c2ccccc2Cl)NC1. The van der Waals surface area contributed by atoms with E-state index < -0.39 is 0 Å². The number of nitrogens with one attached hydrogen (secondary N) is 1. The van der Waals surface area contributed by atoms with E-state index in [1.807, 2.05) is 18.2 Å². The largest absolute Gasteiger partial charge is 0.380 e. The highest BCUT2D eigenvalue weighted by molar-refractivity contribution is 6.31. The highest BCUT2D eigenvalue weighted by atomic mass is 35.5. The van der Waals surface area contributed by atoms with Crippen LogP contribution in [0, 0.1) is 0 Å². The second-order valence-electron chi connectivity index (χ2n) is 3.92. The molecule has 0 radical (unpaired) electrons. The number of hydrogen-bond donors (Lipinski definition) is 1. The summed E-state index contributed by atoms with van der Waals surface area (Å²) in [5.41, 5.74) is 1.20. The summed E-state index contributed by atoms with van der Waals surface area (Å²) < 4.78 is 5.31. The van der Waals surface area contributed by atoms with Crippen LogP contribution in [-0.4, -0.2) is 19.8 Å². The van der Waals surface area contributed by atoms with Crippen LogP contribution in [0.3, 0.4) is 0 Å². The van der Waals surface area contributed by atoms with E-state index in [1.54, 1.807) is 7.11 Å². The van der Waals surface area contributed by atoms with Crippen molar-refractivity contribution in [2.45, 2.75) is 25.0 Å². The van der Waals surface area contributed by atoms with E-state index in [4.69, 9.17) is 16.3 Å². The van der Waals surface area contributed by atoms with E-state index in [2.05, 4.69) is 11.4 Å². The Morgan fingerprint density at radius 1 is 1.33 bits per heavy atom. The molecule has 82 valence electrons. The van der Waals surface area contributed by atoms with Gasteiger partial charge in [-0.1, -0.05) is 29.8 Å². The fourth-order valence-electron chi connectivity index (χ4n) is 2.05. The molecule has 1 aromatic rings. The van der Waals surface area contributed by atoms with Crippen molar-refractivity contribution in [1.82, 2.24) is 5.32 Å². The van der Waals surface area contributed by atoms with Gasteiger partial charge < -0.3 is 10.1 Å². The fraction of sp³-hybridized carbons (Fsp3) is 0.500. The topological polar surface area (TPSA) is 21.3 Å². The van der Waals surface area contributed by atoms with Crippen molar-refractivity contribution in [3.63, 3.8) is 0 Å². The predicted octanol–water partition coefficient (Wildman–Crippen LogP) is 2.78. The molecule has 2 rings (SSSR count). The van der Waals surface area contributed by atoms with Gasteiger partial charge in [0, 0.05) is 24.7 Å². The lowest BCUT2D eigenvalue weighted by atomic mass is 9.96. The molecule has 3 heteroatoms. The number of piperidine rings is 1. The van der Waals surface area contributed by atoms with Crippen molar-refractivity contribution in [3.8, 4) is 0 Å². The molecule has 1 aromatic carbocycles. The van der Waals surface area contributed by atoms with E-state index in [0.717, 1.165) is 24.4 Å². The summed E-state index contributed by atoms with van der Waals surface area (Å²) in [6, 6.07) is 8.41. The zero-order valence-electron chi connectivity index (χ0n) is 8.87. The molecular weight excluding hydrogens is 210 g/mol. The van der Waals surface area contributed by atoms with Gasteiger partial charge in [0.05, 0.1) is 6.10 Å². The van der Waals surface area contributed by atoms with E-state index in [1.165, 1.54) is 5.56 Å². The van der Waals surface area contributed by atoms with E-state index >= 15 is 0 Å². The quantitative estimate of drug-likeness (QED) is 0.836. The third kappa shape index (κ3) is 2.51. The molecule has 1 heterocycles. The lowest BCUT2D eigenvalue weighted by Crippen LogP contribution is -2.37. The number of rotatable bonds is 2. The average molecular weight is 226 g/mol. The third-order valence-electron chi connectivity index (χ3n) is 2.98. The molecule has 0 aromatic heterocycles. The minimum Gasteiger partial charge on any atom is -0.380 e. The van der Waals surface area contributed by atoms with Crippen LogP contribution < -0.4 is 5.32 Å². The predicted molar refractivity (Wildman–Crippen MR) is 62.2 cm³/mol. The van der Waals surface area contributed by atoms with Gasteiger partial charge in [0.25, 0.3) is 0 Å². The van der Waals surface area contributed by atoms with Gasteiger partial charge in [-0.2, -0.15) is 0 Å². The van der Waals surface area contributed by atoms with Crippen molar-refractivity contribution >= 4 is 11.6 Å². The Morgan fingerprint density at radius 3 is 2.73 bits per heavy atom. The maximum Gasteiger partial charge on any atom is 0.0696 e. The summed E-state index contributed by atoms with van der Waals surface area (Å²) in [6.45, 7) is 0.909. The summed E-state index contributed by atoms with van der Waals surface area (Å²) in [6.07, 6.45) is 2.53. The fourth-order valence-corrected chi connectivity index (χ4v) is 2.32. The molecule has 1 aliphatic rings. The van der Waals surface area contributed by atoms with Crippen LogP contribution >= 0.6 is 11.6 Å². The van der Waals surface area contributed by atoms with Gasteiger partial charge in [0.2, 0.25) is 0 Å². The first kappa shape index (κ1) is 10.9. The van der Waals surface area contributed by atoms with Crippen molar-refractivity contribution in [1.29, 1.82) is 0 Å². The number of hydrogen-bond acceptors (Lipinski definition) is 2. The molecule has 0 spiro atoms. The number of ether oxygens (including phenoxy) is 1. The minimum atomic E-state index is 0.351. The normalized spacial score (nSPS) is 26.5. The summed E-state index contributed by atoms with van der Waals surface area (Å²) >= 11 is 6.16. The Hall–Kier alpha value is -0.570. The molecule has 0 aliphatic carbocycles. The lowest BCUT2D eigenvalue weighted by Gasteiger charge is -2.29. The van der Waals surface area contributed by atoms with Crippen LogP contribution in [0.25, 0.3) is 0 Å². The molecule has 1 fully saturated rings. The second kappa shape index (κ2) is 4.97. The monoisotopic (exact) mass is 225 g/mol. The highest BCUT2D eigenvalue weighted by Crippen LogP contribution is 2.28. The van der Waals surface area contributed by atoms with Crippen LogP contribution in [0.4, 0.5) is 0 Å². The Labute approximate surface area is 95.6 Å². The molecule has 0 amide bonds. The van der Waals surface area contributed by atoms with Crippen LogP contribution in [0.5, 0.6) is 0 Å². The molecule has 1 aliphatic heterocycles. The zero-order chi connectivity index (χ0) is 10.7. The van der Waals surface area contributed by atoms with E-state index in [0.29, 0.717) is 12.1 Å². The molecule has 2 nitrogen and oxygen atoms in total. The van der Waals surface area contributed by atoms with Crippen LogP contribution in [0.1, 0.15) is 24.4 Å². The molecule has 1 saturated heterocycles. The summed E-state index contributed by atoms with van der Waals surface area (Å²) in [5, 5.41) is 4.32. The van der Waals surface area contributed by atoms with Gasteiger partial charge >= 0.3 is 0 Å². The Balaban J connectivity index is 2.04. The Bertz CT molecular complexity index is 321. The maximum absolute atomic E-state index is 6.16. The average Bonchev–Trinajstić information content (AvgIpc) is 2.30. The number of halogens is 1. The summed E-state index contributed by atoms with van der Waals surface area (Å²) in [7, 11) is 1.77. The minimum absolute atomic E-state index is 0.351. The van der Waals surface area contributed by atoms with Gasteiger partial charge in [-0.25, -0.2) is 0 Å². The van der Waals surface area contributed by atoms with Gasteiger partial charge in [-0.15, -0.1) is 0 Å². The van der Waals surface area contributed by atoms with Gasteiger partial charge in [0.1, 0.15) is 0 Å². The molecule has 2 unspecified atom stereocenters. The lowest BCUT2D eigenvalue weighted by molar-refractivity contribution is 0.0705. The van der Waals surface area contributed by atoms with Gasteiger partial charge in [-0.05, 0) is 24.5 Å². The smallest absolute Gasteiger partial charge is 0.0696 e. The first-order valence-corrected chi connectivity index (χ1v) is 5.69. The van der Waals surface area contributed by atoms with E-state index in [9.17, 15) is 0 Å². The number of benzene rings is 1. The molecule has 1 N–H and O–H groups in total. The van der Waals surface area contributed by atoms with Crippen molar-refractivity contribution in [2.75, 3.05) is 13.7 Å². The van der Waals surface area contributed by atoms with Crippen LogP contribution in [-0.2, 0) is 4.74 Å². The van der Waals surface area contributed by atoms with Crippen molar-refractivity contribution in [2.24, 2.45) is 0 Å². The molecular formula is C12H16ClNO. The molecule has 15 heavy (non-hydrogen) atoms. The zero-order valence-corrected chi connectivity index (χ0v) is 9.63. The third-order valence-corrected chi connectivity index (χ3v) is 3.33. The second-order valence-corrected chi connectivity index (χ2v) is 4.32. The molecule has 2 atom stereocenters. The first-order valence-electron chi connectivity index (χ1n) is 5.32. The number of methoxy groups -OCH3 is 1. The van der Waals surface area contributed by atoms with Crippen molar-refractivity contribution < 1.29 is 4.74 Å². The molecule has 0 saturated carbocycles. The van der Waals surface area contributed by atoms with Gasteiger partial charge in [-0.3, -0.25) is 0 Å². The Kier molecular flexibility index (Phi) is 3.62. The highest BCUT2D eigenvalue weighted by Gasteiger charge is 2.22. The summed E-state index contributed by atoms with van der Waals surface area (Å²) in [4.78, 5) is 0. The molecule has 0 bridgehead atoms. The van der Waals surface area contributed by atoms with Crippen molar-refractivity contribution in [3.05, 3.63) is 34.9 Å². The maximum atomic E-state index is 6.16. The van der Waals surface area contributed by atoms with Crippen LogP contribution in [0.2, 0.25) is 5.02 Å². The van der Waals surface area contributed by atoms with Gasteiger partial charge in [0.15, 0.2) is 0 Å². The summed E-state index contributed by atoms with van der Waals surface area (Å²) in [5.74, 6) is 0.